The number of imidazole rings is 1. The molecule has 4 N–H and O–H groups in total. The first-order chi connectivity index (χ1) is 31.5. The fourth-order valence-corrected chi connectivity index (χ4v) is 9.74. The number of alkyl carbamates (subject to hydrolysis) is 2. The molecular weight excluding hydrogens is 847 g/mol. The van der Waals surface area contributed by atoms with Crippen molar-refractivity contribution in [2.24, 2.45) is 17.3 Å². The molecule has 66 heavy (non-hydrogen) atoms. The third-order valence-corrected chi connectivity index (χ3v) is 13.6. The first-order valence-corrected chi connectivity index (χ1v) is 22.6. The summed E-state index contributed by atoms with van der Waals surface area (Å²) in [6.45, 7) is 9.95. The van der Waals surface area contributed by atoms with Gasteiger partial charge in [-0.2, -0.15) is 14.0 Å². The van der Waals surface area contributed by atoms with Crippen molar-refractivity contribution >= 4 is 34.9 Å². The molecule has 1 aliphatic heterocycles. The number of hydrogen-bond donors (Lipinski definition) is 4. The molecule has 3 aliphatic rings. The quantitative estimate of drug-likeness (QED) is 0.0849. The highest BCUT2D eigenvalue weighted by molar-refractivity contribution is 5.90. The van der Waals surface area contributed by atoms with E-state index in [0.29, 0.717) is 46.7 Å². The van der Waals surface area contributed by atoms with Gasteiger partial charge in [-0.25, -0.2) is 14.6 Å². The van der Waals surface area contributed by atoms with Crippen LogP contribution < -0.4 is 10.6 Å². The molecule has 1 spiro atoms. The third kappa shape index (κ3) is 8.47. The number of amides is 4. The number of ether oxygens (including phenoxy) is 2. The molecular formula is C50H56F2N8O6. The van der Waals surface area contributed by atoms with Crippen molar-refractivity contribution < 1.29 is 37.4 Å². The van der Waals surface area contributed by atoms with E-state index in [-0.39, 0.29) is 53.3 Å². The Kier molecular flexibility index (Phi) is 12.4. The van der Waals surface area contributed by atoms with E-state index in [2.05, 4.69) is 37.7 Å². The molecule has 1 saturated carbocycles. The highest BCUT2D eigenvalue weighted by Gasteiger charge is 2.55. The molecule has 8 rings (SSSR count). The Hall–Kier alpha value is -6.76. The summed E-state index contributed by atoms with van der Waals surface area (Å²) in [5.41, 5.74) is 4.76. The van der Waals surface area contributed by atoms with E-state index in [9.17, 15) is 24.4 Å². The van der Waals surface area contributed by atoms with Crippen LogP contribution in [0.25, 0.3) is 44.4 Å². The van der Waals surface area contributed by atoms with Crippen LogP contribution in [0, 0.1) is 28.6 Å². The Morgan fingerprint density at radius 2 is 1.48 bits per heavy atom. The van der Waals surface area contributed by atoms with Crippen molar-refractivity contribution in [3.63, 3.8) is 0 Å². The molecule has 16 heteroatoms. The predicted molar refractivity (Wildman–Crippen MR) is 244 cm³/mol. The second-order valence-electron chi connectivity index (χ2n) is 18.6. The largest absolute Gasteiger partial charge is 0.453 e. The van der Waals surface area contributed by atoms with Crippen molar-refractivity contribution in [3.8, 4) is 39.6 Å². The van der Waals surface area contributed by atoms with E-state index < -0.39 is 42.1 Å². The molecule has 3 aromatic carbocycles. The minimum Gasteiger partial charge on any atom is -0.453 e. The van der Waals surface area contributed by atoms with Gasteiger partial charge in [0, 0.05) is 41.0 Å². The zero-order valence-corrected chi connectivity index (χ0v) is 38.3. The lowest BCUT2D eigenvalue weighted by molar-refractivity contribution is -0.137. The highest BCUT2D eigenvalue weighted by Crippen LogP contribution is 2.59. The molecule has 0 bridgehead atoms. The molecule has 2 aromatic heterocycles. The van der Waals surface area contributed by atoms with E-state index in [4.69, 9.17) is 9.47 Å². The summed E-state index contributed by atoms with van der Waals surface area (Å²) < 4.78 is 42.9. The minimum atomic E-state index is -3.32. The Bertz CT molecular complexity index is 2730. The molecule has 0 radical (unpaired) electrons. The SMILES string of the molecule is CC[C@@H](c1ncc(-c2ccc3c(c2)C(F)(F)c2cc(-c4ccc5cc([C@@H]6CC7(CC7)CN6C(=O)[C@@H](NC(=O)OC)C(C)C)[nH]c5c4)ccc2-3)[nH]1)N(CCC#N)C(=O)[C@@H](NC(=O)OC)C(C)C. The Morgan fingerprint density at radius 1 is 0.879 bits per heavy atom. The van der Waals surface area contributed by atoms with Crippen LogP contribution in [0.4, 0.5) is 18.4 Å². The number of aromatic nitrogens is 3. The number of fused-ring (bicyclic) bond motifs is 4. The van der Waals surface area contributed by atoms with Gasteiger partial charge >= 0.3 is 12.2 Å². The number of H-pyrrole nitrogens is 2. The lowest BCUT2D eigenvalue weighted by Crippen LogP contribution is -2.52. The molecule has 3 heterocycles. The zero-order valence-electron chi connectivity index (χ0n) is 38.3. The van der Waals surface area contributed by atoms with Crippen LogP contribution in [0.3, 0.4) is 0 Å². The van der Waals surface area contributed by atoms with Gasteiger partial charge in [-0.1, -0.05) is 71.0 Å². The van der Waals surface area contributed by atoms with Crippen molar-refractivity contribution in [1.29, 1.82) is 5.26 Å². The summed E-state index contributed by atoms with van der Waals surface area (Å²) in [6.07, 6.45) is 3.50. The van der Waals surface area contributed by atoms with Gasteiger partial charge in [0.25, 0.3) is 5.92 Å². The standard InChI is InChI=1S/C50H56F2N8O6/c1-8-40(59(19-9-18-53)45(61)42(27(2)3)57-47(63)65-6)44-54-25-39(56-44)31-13-15-34-33-14-12-29(20-35(33)50(51,52)36(34)21-31)30-10-11-32-23-38(55-37(32)22-30)41-24-49(16-17-49)26-60(41)46(62)43(28(4)5)58-48(64)66-7/h10-15,20-23,25,27-28,40-43,55H,8-9,16-17,19,24,26H2,1-7H3,(H,54,56)(H,57,63)(H,58,64)/t40-,41-,42-,43-/m0/s1. The monoisotopic (exact) mass is 902 g/mol. The van der Waals surface area contributed by atoms with Gasteiger partial charge < -0.3 is 39.9 Å². The highest BCUT2D eigenvalue weighted by atomic mass is 19.3. The molecule has 14 nitrogen and oxygen atoms in total. The van der Waals surface area contributed by atoms with Crippen LogP contribution in [0.15, 0.2) is 66.9 Å². The number of methoxy groups -OCH3 is 2. The second-order valence-corrected chi connectivity index (χ2v) is 18.6. The average molecular weight is 903 g/mol. The smallest absolute Gasteiger partial charge is 0.407 e. The van der Waals surface area contributed by atoms with E-state index >= 15 is 8.78 Å². The molecule has 2 aliphatic carbocycles. The van der Waals surface area contributed by atoms with Gasteiger partial charge in [-0.05, 0) is 94.8 Å². The summed E-state index contributed by atoms with van der Waals surface area (Å²) >= 11 is 0. The summed E-state index contributed by atoms with van der Waals surface area (Å²) in [5.74, 6) is -3.89. The molecule has 4 amide bonds. The fraction of sp³-hybridized carbons (Fsp3) is 0.440. The fourth-order valence-electron chi connectivity index (χ4n) is 9.74. The van der Waals surface area contributed by atoms with E-state index in [1.165, 1.54) is 25.2 Å². The van der Waals surface area contributed by atoms with E-state index in [0.717, 1.165) is 41.4 Å². The maximum Gasteiger partial charge on any atom is 0.407 e. The number of rotatable bonds is 14. The summed E-state index contributed by atoms with van der Waals surface area (Å²) in [6, 6.07) is 17.6. The molecule has 2 fully saturated rings. The summed E-state index contributed by atoms with van der Waals surface area (Å²) in [5, 5.41) is 15.7. The van der Waals surface area contributed by atoms with Crippen molar-refractivity contribution in [2.45, 2.75) is 96.8 Å². The zero-order chi connectivity index (χ0) is 47.2. The van der Waals surface area contributed by atoms with Crippen LogP contribution in [0.2, 0.25) is 0 Å². The number of carbonyl (C=O) groups excluding carboxylic acids is 4. The van der Waals surface area contributed by atoms with Crippen LogP contribution in [-0.4, -0.2) is 88.1 Å². The van der Waals surface area contributed by atoms with Crippen LogP contribution in [0.5, 0.6) is 0 Å². The third-order valence-electron chi connectivity index (χ3n) is 13.6. The number of benzene rings is 3. The number of likely N-dealkylation sites (tertiary alicyclic amines) is 1. The van der Waals surface area contributed by atoms with E-state index in [1.807, 2.05) is 49.9 Å². The summed E-state index contributed by atoms with van der Waals surface area (Å²) in [7, 11) is 2.49. The average Bonchev–Trinajstić information content (AvgIpc) is 3.62. The molecule has 0 unspecified atom stereocenters. The Balaban J connectivity index is 1.04. The van der Waals surface area contributed by atoms with Gasteiger partial charge in [-0.15, -0.1) is 0 Å². The minimum absolute atomic E-state index is 0.0462. The number of nitrogens with zero attached hydrogens (tertiary/aromatic N) is 4. The van der Waals surface area contributed by atoms with Crippen LogP contribution in [-0.2, 0) is 25.0 Å². The Labute approximate surface area is 382 Å². The van der Waals surface area contributed by atoms with Gasteiger partial charge in [-0.3, -0.25) is 9.59 Å². The van der Waals surface area contributed by atoms with Crippen molar-refractivity contribution in [3.05, 3.63) is 89.5 Å². The maximum absolute atomic E-state index is 16.7. The van der Waals surface area contributed by atoms with Crippen molar-refractivity contribution in [1.82, 2.24) is 35.4 Å². The number of nitriles is 1. The number of halogens is 2. The topological polar surface area (TPSA) is 186 Å². The maximum atomic E-state index is 16.7. The predicted octanol–water partition coefficient (Wildman–Crippen LogP) is 9.35. The first-order valence-electron chi connectivity index (χ1n) is 22.6. The Morgan fingerprint density at radius 3 is 2.09 bits per heavy atom. The lowest BCUT2D eigenvalue weighted by atomic mass is 9.98. The van der Waals surface area contributed by atoms with Gasteiger partial charge in [0.2, 0.25) is 11.8 Å². The number of hydrogen-bond acceptors (Lipinski definition) is 8. The molecule has 1 saturated heterocycles. The van der Waals surface area contributed by atoms with E-state index in [1.54, 1.807) is 44.3 Å². The van der Waals surface area contributed by atoms with Crippen LogP contribution >= 0.6 is 0 Å². The molecule has 4 atom stereocenters. The molecule has 346 valence electrons. The lowest BCUT2D eigenvalue weighted by Gasteiger charge is -2.34. The summed E-state index contributed by atoms with van der Waals surface area (Å²) in [4.78, 5) is 67.1. The second kappa shape index (κ2) is 17.9. The van der Waals surface area contributed by atoms with Gasteiger partial charge in [0.05, 0.1) is 50.7 Å². The molecule has 5 aromatic rings. The van der Waals surface area contributed by atoms with Gasteiger partial charge in [0.1, 0.15) is 17.9 Å². The number of carbonyl (C=O) groups is 4. The number of alkyl halides is 2. The van der Waals surface area contributed by atoms with Gasteiger partial charge in [0.15, 0.2) is 0 Å². The van der Waals surface area contributed by atoms with Crippen molar-refractivity contribution in [2.75, 3.05) is 27.3 Å². The number of nitrogens with one attached hydrogen (secondary N) is 4. The first kappa shape index (κ1) is 45.8. The normalized spacial score (nSPS) is 17.8. The number of aromatic amines is 2. The van der Waals surface area contributed by atoms with Crippen LogP contribution in [0.1, 0.15) is 101 Å².